The van der Waals surface area contributed by atoms with Crippen molar-refractivity contribution in [2.24, 2.45) is 0 Å². The quantitative estimate of drug-likeness (QED) is 0.671. The largest absolute Gasteiger partial charge is 0.346 e. The molecule has 0 aliphatic carbocycles. The van der Waals surface area contributed by atoms with E-state index in [1.54, 1.807) is 13.0 Å². The maximum atomic E-state index is 12.4. The van der Waals surface area contributed by atoms with E-state index in [4.69, 9.17) is 0 Å². The summed E-state index contributed by atoms with van der Waals surface area (Å²) in [6.07, 6.45) is 0.966. The second-order valence-corrected chi connectivity index (χ2v) is 5.50. The van der Waals surface area contributed by atoms with E-state index < -0.39 is 4.92 Å². The average molecular weight is 312 g/mol. The Bertz CT molecular complexity index is 724. The van der Waals surface area contributed by atoms with Gasteiger partial charge in [-0.15, -0.1) is 0 Å². The highest BCUT2D eigenvalue weighted by atomic mass is 16.6. The fraction of sp³-hybridized carbons (Fsp3) is 0.278. The number of nitrogens with zero attached hydrogens (tertiary/aromatic N) is 1. The molecule has 0 radical (unpaired) electrons. The van der Waals surface area contributed by atoms with Gasteiger partial charge in [0.1, 0.15) is 0 Å². The molecule has 1 N–H and O–H groups in total. The van der Waals surface area contributed by atoms with E-state index in [1.165, 1.54) is 17.7 Å². The fourth-order valence-corrected chi connectivity index (χ4v) is 2.47. The van der Waals surface area contributed by atoms with Gasteiger partial charge in [0.2, 0.25) is 0 Å². The molecule has 0 aliphatic heterocycles. The molecular weight excluding hydrogens is 292 g/mol. The Labute approximate surface area is 135 Å². The summed E-state index contributed by atoms with van der Waals surface area (Å²) < 4.78 is 0. The van der Waals surface area contributed by atoms with Gasteiger partial charge in [0.25, 0.3) is 11.6 Å². The standard InChI is InChI=1S/C18H20N2O3/c1-4-14-8-10-15(11-9-14)13(3)19-18(21)16-6-5-7-17(12(16)2)20(22)23/h5-11,13H,4H2,1-3H3,(H,19,21)/t13-/m0/s1. The number of nitrogens with one attached hydrogen (secondary N) is 1. The van der Waals surface area contributed by atoms with Gasteiger partial charge in [0.05, 0.1) is 11.0 Å². The third-order valence-electron chi connectivity index (χ3n) is 3.98. The second kappa shape index (κ2) is 7.05. The zero-order valence-corrected chi connectivity index (χ0v) is 13.5. The highest BCUT2D eigenvalue weighted by Crippen LogP contribution is 2.22. The first-order valence-electron chi connectivity index (χ1n) is 7.57. The molecule has 1 atom stereocenters. The molecule has 120 valence electrons. The SMILES string of the molecule is CCc1ccc([C@H](C)NC(=O)c2cccc([N+](=O)[O-])c2C)cc1. The lowest BCUT2D eigenvalue weighted by Crippen LogP contribution is -2.27. The van der Waals surface area contributed by atoms with Crippen LogP contribution in [0, 0.1) is 17.0 Å². The van der Waals surface area contributed by atoms with Gasteiger partial charge in [-0.3, -0.25) is 14.9 Å². The van der Waals surface area contributed by atoms with E-state index >= 15 is 0 Å². The highest BCUT2D eigenvalue weighted by Gasteiger charge is 2.19. The number of amides is 1. The van der Waals surface area contributed by atoms with Crippen LogP contribution in [-0.2, 0) is 6.42 Å². The summed E-state index contributed by atoms with van der Waals surface area (Å²) in [5, 5.41) is 13.9. The van der Waals surface area contributed by atoms with Gasteiger partial charge in [-0.25, -0.2) is 0 Å². The summed E-state index contributed by atoms with van der Waals surface area (Å²) in [5.74, 6) is -0.307. The molecule has 0 saturated carbocycles. The van der Waals surface area contributed by atoms with Crippen LogP contribution in [0.4, 0.5) is 5.69 Å². The van der Waals surface area contributed by atoms with Crippen LogP contribution in [0.1, 0.15) is 46.9 Å². The summed E-state index contributed by atoms with van der Waals surface area (Å²) in [4.78, 5) is 22.9. The number of carbonyl (C=O) groups excluding carboxylic acids is 1. The first-order valence-corrected chi connectivity index (χ1v) is 7.57. The second-order valence-electron chi connectivity index (χ2n) is 5.50. The van der Waals surface area contributed by atoms with Crippen molar-refractivity contribution in [2.75, 3.05) is 0 Å². The Morgan fingerprint density at radius 3 is 2.43 bits per heavy atom. The smallest absolute Gasteiger partial charge is 0.273 e. The maximum Gasteiger partial charge on any atom is 0.273 e. The third kappa shape index (κ3) is 3.74. The van der Waals surface area contributed by atoms with Crippen molar-refractivity contribution in [1.82, 2.24) is 5.32 Å². The molecule has 5 nitrogen and oxygen atoms in total. The zero-order valence-electron chi connectivity index (χ0n) is 13.5. The van der Waals surface area contributed by atoms with Crippen molar-refractivity contribution in [3.05, 3.63) is 74.8 Å². The predicted molar refractivity (Wildman–Crippen MR) is 89.5 cm³/mol. The minimum Gasteiger partial charge on any atom is -0.346 e. The number of rotatable bonds is 5. The summed E-state index contributed by atoms with van der Waals surface area (Å²) in [7, 11) is 0. The van der Waals surface area contributed by atoms with E-state index in [9.17, 15) is 14.9 Å². The monoisotopic (exact) mass is 312 g/mol. The Balaban J connectivity index is 2.18. The Morgan fingerprint density at radius 1 is 1.22 bits per heavy atom. The molecule has 2 rings (SSSR count). The van der Waals surface area contributed by atoms with Gasteiger partial charge in [0, 0.05) is 17.2 Å². The average Bonchev–Trinajstić information content (AvgIpc) is 2.54. The van der Waals surface area contributed by atoms with Crippen molar-refractivity contribution in [3.63, 3.8) is 0 Å². The molecule has 0 unspecified atom stereocenters. The number of carbonyl (C=O) groups is 1. The number of hydrogen-bond donors (Lipinski definition) is 1. The van der Waals surface area contributed by atoms with Crippen LogP contribution in [-0.4, -0.2) is 10.8 Å². The molecule has 0 aromatic heterocycles. The summed E-state index contributed by atoms with van der Waals surface area (Å²) in [6.45, 7) is 5.57. The van der Waals surface area contributed by atoms with Gasteiger partial charge in [-0.05, 0) is 37.5 Å². The third-order valence-corrected chi connectivity index (χ3v) is 3.98. The number of aryl methyl sites for hydroxylation is 1. The zero-order chi connectivity index (χ0) is 17.0. The minimum absolute atomic E-state index is 0.0439. The van der Waals surface area contributed by atoms with E-state index in [-0.39, 0.29) is 17.6 Å². The Kier molecular flexibility index (Phi) is 5.11. The number of benzene rings is 2. The molecule has 0 bridgehead atoms. The van der Waals surface area contributed by atoms with Crippen molar-refractivity contribution in [3.8, 4) is 0 Å². The molecular formula is C18H20N2O3. The van der Waals surface area contributed by atoms with Crippen molar-refractivity contribution >= 4 is 11.6 Å². The molecule has 0 fully saturated rings. The summed E-state index contributed by atoms with van der Waals surface area (Å²) >= 11 is 0. The molecule has 0 saturated heterocycles. The van der Waals surface area contributed by atoms with E-state index in [1.807, 2.05) is 31.2 Å². The van der Waals surface area contributed by atoms with Gasteiger partial charge < -0.3 is 5.32 Å². The first-order chi connectivity index (χ1) is 10.9. The van der Waals surface area contributed by atoms with Crippen LogP contribution < -0.4 is 5.32 Å². The first kappa shape index (κ1) is 16.7. The van der Waals surface area contributed by atoms with E-state index in [0.29, 0.717) is 11.1 Å². The van der Waals surface area contributed by atoms with Gasteiger partial charge in [0.15, 0.2) is 0 Å². The van der Waals surface area contributed by atoms with Crippen LogP contribution in [0.25, 0.3) is 0 Å². The lowest BCUT2D eigenvalue weighted by Gasteiger charge is -2.15. The van der Waals surface area contributed by atoms with Crippen molar-refractivity contribution < 1.29 is 9.72 Å². The van der Waals surface area contributed by atoms with Crippen LogP contribution in [0.2, 0.25) is 0 Å². The molecule has 2 aromatic carbocycles. The predicted octanol–water partition coefficient (Wildman–Crippen LogP) is 3.96. The molecule has 0 spiro atoms. The number of hydrogen-bond acceptors (Lipinski definition) is 3. The van der Waals surface area contributed by atoms with Crippen LogP contribution in [0.15, 0.2) is 42.5 Å². The normalized spacial score (nSPS) is 11.8. The van der Waals surface area contributed by atoms with Crippen molar-refractivity contribution in [2.45, 2.75) is 33.2 Å². The molecule has 0 aliphatic rings. The summed E-state index contributed by atoms with van der Waals surface area (Å²) in [6, 6.07) is 12.4. The number of nitro benzene ring substituents is 1. The summed E-state index contributed by atoms with van der Waals surface area (Å²) in [5.41, 5.74) is 2.90. The topological polar surface area (TPSA) is 72.2 Å². The molecule has 1 amide bonds. The lowest BCUT2D eigenvalue weighted by atomic mass is 10.0. The molecule has 0 heterocycles. The van der Waals surface area contributed by atoms with Gasteiger partial charge in [-0.2, -0.15) is 0 Å². The molecule has 2 aromatic rings. The van der Waals surface area contributed by atoms with Gasteiger partial charge in [-0.1, -0.05) is 37.3 Å². The van der Waals surface area contributed by atoms with Crippen LogP contribution in [0.5, 0.6) is 0 Å². The van der Waals surface area contributed by atoms with Gasteiger partial charge >= 0.3 is 0 Å². The maximum absolute atomic E-state index is 12.4. The highest BCUT2D eigenvalue weighted by molar-refractivity contribution is 5.96. The van der Waals surface area contributed by atoms with Crippen molar-refractivity contribution in [1.29, 1.82) is 0 Å². The fourth-order valence-electron chi connectivity index (χ4n) is 2.47. The minimum atomic E-state index is -0.473. The molecule has 5 heteroatoms. The van der Waals surface area contributed by atoms with Crippen LogP contribution in [0.3, 0.4) is 0 Å². The molecule has 23 heavy (non-hydrogen) atoms. The van der Waals surface area contributed by atoms with E-state index in [2.05, 4.69) is 12.2 Å². The van der Waals surface area contributed by atoms with Crippen LogP contribution >= 0.6 is 0 Å². The lowest BCUT2D eigenvalue weighted by molar-refractivity contribution is -0.385. The Hall–Kier alpha value is -2.69. The Morgan fingerprint density at radius 2 is 1.87 bits per heavy atom. The number of nitro groups is 1. The van der Waals surface area contributed by atoms with E-state index in [0.717, 1.165) is 12.0 Å².